The van der Waals surface area contributed by atoms with E-state index in [4.69, 9.17) is 0 Å². The van der Waals surface area contributed by atoms with Crippen LogP contribution in [0.15, 0.2) is 0 Å². The van der Waals surface area contributed by atoms with Gasteiger partial charge in [-0.25, -0.2) is 4.79 Å². The van der Waals surface area contributed by atoms with Crippen LogP contribution in [-0.2, 0) is 4.79 Å². The minimum Gasteiger partial charge on any atom is -0.385 e. The van der Waals surface area contributed by atoms with Crippen molar-refractivity contribution in [3.05, 3.63) is 0 Å². The van der Waals surface area contributed by atoms with E-state index in [0.29, 0.717) is 6.54 Å². The summed E-state index contributed by atoms with van der Waals surface area (Å²) in [4.78, 5) is 26.2. The van der Waals surface area contributed by atoms with E-state index in [-0.39, 0.29) is 12.5 Å². The molecule has 0 radical (unpaired) electrons. The van der Waals surface area contributed by atoms with E-state index in [1.807, 2.05) is 0 Å². The summed E-state index contributed by atoms with van der Waals surface area (Å²) in [5.41, 5.74) is -0.852. The number of carbonyl (C=O) groups excluding carboxylic acids is 2. The third-order valence-corrected chi connectivity index (χ3v) is 3.92. The fourth-order valence-electron chi connectivity index (χ4n) is 2.85. The Hall–Kier alpha value is -1.14. The lowest BCUT2D eigenvalue weighted by atomic mass is 10.1. The molecular formula is C13H24N3O3+. The molecule has 1 unspecified atom stereocenters. The van der Waals surface area contributed by atoms with Crippen molar-refractivity contribution < 1.29 is 19.6 Å². The topological polar surface area (TPSA) is 74.1 Å². The van der Waals surface area contributed by atoms with Gasteiger partial charge in [0.1, 0.15) is 18.2 Å². The number of aliphatic hydroxyl groups is 1. The highest BCUT2D eigenvalue weighted by Crippen LogP contribution is 2.16. The van der Waals surface area contributed by atoms with E-state index in [1.165, 1.54) is 24.2 Å². The molecular weight excluding hydrogens is 246 g/mol. The Morgan fingerprint density at radius 1 is 1.32 bits per heavy atom. The van der Waals surface area contributed by atoms with Crippen LogP contribution in [0.4, 0.5) is 4.79 Å². The van der Waals surface area contributed by atoms with E-state index < -0.39 is 17.7 Å². The van der Waals surface area contributed by atoms with Crippen LogP contribution in [0, 0.1) is 0 Å². The van der Waals surface area contributed by atoms with Crippen molar-refractivity contribution in [3.63, 3.8) is 0 Å². The highest BCUT2D eigenvalue weighted by Gasteiger charge is 2.44. The van der Waals surface area contributed by atoms with E-state index in [0.717, 1.165) is 18.0 Å². The summed E-state index contributed by atoms with van der Waals surface area (Å²) in [6.45, 7) is 6.20. The molecule has 0 aliphatic carbocycles. The number of hydrogen-bond acceptors (Lipinski definition) is 3. The van der Waals surface area contributed by atoms with Crippen molar-refractivity contribution in [2.45, 2.75) is 44.8 Å². The molecule has 0 bridgehead atoms. The Kier molecular flexibility index (Phi) is 4.10. The Balaban J connectivity index is 1.86. The molecule has 2 heterocycles. The summed E-state index contributed by atoms with van der Waals surface area (Å²) >= 11 is 0. The number of imide groups is 1. The highest BCUT2D eigenvalue weighted by atomic mass is 16.3. The van der Waals surface area contributed by atoms with Crippen LogP contribution in [0.25, 0.3) is 0 Å². The number of amides is 3. The van der Waals surface area contributed by atoms with Gasteiger partial charge >= 0.3 is 6.03 Å². The van der Waals surface area contributed by atoms with Gasteiger partial charge in [0, 0.05) is 0 Å². The number of nitrogens with zero attached hydrogens (tertiary/aromatic N) is 1. The molecule has 0 spiro atoms. The van der Waals surface area contributed by atoms with Gasteiger partial charge in [0.25, 0.3) is 5.91 Å². The maximum absolute atomic E-state index is 12.0. The molecule has 2 saturated heterocycles. The summed E-state index contributed by atoms with van der Waals surface area (Å²) in [6, 6.07) is -0.400. The third kappa shape index (κ3) is 3.25. The Bertz CT molecular complexity index is 364. The van der Waals surface area contributed by atoms with Crippen LogP contribution >= 0.6 is 0 Å². The first kappa shape index (κ1) is 14.3. The van der Waals surface area contributed by atoms with Crippen LogP contribution in [0.2, 0.25) is 0 Å². The van der Waals surface area contributed by atoms with Crippen LogP contribution in [0.3, 0.4) is 0 Å². The first-order valence-corrected chi connectivity index (χ1v) is 7.06. The number of carbonyl (C=O) groups is 2. The molecule has 108 valence electrons. The predicted octanol–water partition coefficient (Wildman–Crippen LogP) is -1.25. The summed E-state index contributed by atoms with van der Waals surface area (Å²) in [5, 5.41) is 12.7. The normalized spacial score (nSPS) is 25.5. The number of hydrogen-bond donors (Lipinski definition) is 3. The summed E-state index contributed by atoms with van der Waals surface area (Å²) in [7, 11) is 0. The molecule has 0 saturated carbocycles. The number of aliphatic hydroxyl groups excluding tert-OH is 1. The standard InChI is InChI=1S/C13H23N3O3/c1-13(2)11(18)16(12(19)14-13)9-10(17)8-15-6-4-3-5-7-15/h10,17H,3-9H2,1-2H3,(H,14,19)/p+1. The van der Waals surface area contributed by atoms with Crippen LogP contribution in [0.1, 0.15) is 33.1 Å². The molecule has 0 aromatic carbocycles. The fourth-order valence-corrected chi connectivity index (χ4v) is 2.85. The molecule has 6 nitrogen and oxygen atoms in total. The zero-order valence-corrected chi connectivity index (χ0v) is 11.7. The number of urea groups is 1. The maximum atomic E-state index is 12.0. The van der Waals surface area contributed by atoms with Gasteiger partial charge in [0.2, 0.25) is 0 Å². The van der Waals surface area contributed by atoms with Crippen molar-refractivity contribution >= 4 is 11.9 Å². The van der Waals surface area contributed by atoms with Crippen molar-refractivity contribution in [3.8, 4) is 0 Å². The largest absolute Gasteiger partial charge is 0.385 e. The lowest BCUT2D eigenvalue weighted by Crippen LogP contribution is -3.14. The van der Waals surface area contributed by atoms with Crippen LogP contribution < -0.4 is 10.2 Å². The van der Waals surface area contributed by atoms with Crippen LogP contribution in [-0.4, -0.2) is 59.8 Å². The second-order valence-electron chi connectivity index (χ2n) is 6.14. The SMILES string of the molecule is CC1(C)NC(=O)N(CC(O)C[NH+]2CCCCC2)C1=O. The summed E-state index contributed by atoms with van der Waals surface area (Å²) < 4.78 is 0. The summed E-state index contributed by atoms with van der Waals surface area (Å²) in [6.07, 6.45) is 3.01. The number of piperidine rings is 1. The summed E-state index contributed by atoms with van der Waals surface area (Å²) in [5.74, 6) is -0.259. The van der Waals surface area contributed by atoms with Crippen LogP contribution in [0.5, 0.6) is 0 Å². The zero-order valence-electron chi connectivity index (χ0n) is 11.7. The zero-order chi connectivity index (χ0) is 14.0. The lowest BCUT2D eigenvalue weighted by Gasteiger charge is -2.27. The van der Waals surface area contributed by atoms with Crippen molar-refractivity contribution in [2.24, 2.45) is 0 Å². The Labute approximate surface area is 113 Å². The monoisotopic (exact) mass is 270 g/mol. The molecule has 3 amide bonds. The molecule has 0 aromatic heterocycles. The average molecular weight is 270 g/mol. The molecule has 3 N–H and O–H groups in total. The Morgan fingerprint density at radius 2 is 1.95 bits per heavy atom. The smallest absolute Gasteiger partial charge is 0.325 e. The van der Waals surface area contributed by atoms with Crippen molar-refractivity contribution in [1.82, 2.24) is 10.2 Å². The minimum atomic E-state index is -0.852. The van der Waals surface area contributed by atoms with E-state index in [9.17, 15) is 14.7 Å². The molecule has 6 heteroatoms. The molecule has 2 fully saturated rings. The molecule has 0 aromatic rings. The number of nitrogens with one attached hydrogen (secondary N) is 2. The van der Waals surface area contributed by atoms with Gasteiger partial charge in [-0.05, 0) is 33.1 Å². The number of rotatable bonds is 4. The molecule has 1 atom stereocenters. The first-order valence-electron chi connectivity index (χ1n) is 7.06. The quantitative estimate of drug-likeness (QED) is 0.559. The van der Waals surface area contributed by atoms with Gasteiger partial charge in [-0.1, -0.05) is 0 Å². The highest BCUT2D eigenvalue weighted by molar-refractivity contribution is 6.06. The Morgan fingerprint density at radius 3 is 2.47 bits per heavy atom. The van der Waals surface area contributed by atoms with Crippen molar-refractivity contribution in [2.75, 3.05) is 26.2 Å². The second kappa shape index (κ2) is 5.46. The molecule has 2 rings (SSSR count). The van der Waals surface area contributed by atoms with Gasteiger partial charge < -0.3 is 15.3 Å². The van der Waals surface area contributed by atoms with Gasteiger partial charge in [0.15, 0.2) is 0 Å². The third-order valence-electron chi connectivity index (χ3n) is 3.92. The van der Waals surface area contributed by atoms with E-state index in [1.54, 1.807) is 13.8 Å². The average Bonchev–Trinajstić information content (AvgIpc) is 2.53. The number of β-amino-alcohol motifs (C(OH)–C–C–N with tert-alkyl or cyclic N) is 1. The lowest BCUT2D eigenvalue weighted by molar-refractivity contribution is -0.907. The second-order valence-corrected chi connectivity index (χ2v) is 6.14. The van der Waals surface area contributed by atoms with Gasteiger partial charge in [-0.2, -0.15) is 0 Å². The maximum Gasteiger partial charge on any atom is 0.325 e. The van der Waals surface area contributed by atoms with Crippen molar-refractivity contribution in [1.29, 1.82) is 0 Å². The first-order chi connectivity index (χ1) is 8.90. The van der Waals surface area contributed by atoms with E-state index in [2.05, 4.69) is 5.32 Å². The minimum absolute atomic E-state index is 0.0948. The molecule has 2 aliphatic rings. The van der Waals surface area contributed by atoms with Gasteiger partial charge in [-0.3, -0.25) is 9.69 Å². The molecule has 2 aliphatic heterocycles. The van der Waals surface area contributed by atoms with E-state index >= 15 is 0 Å². The number of quaternary nitrogens is 1. The fraction of sp³-hybridized carbons (Fsp3) is 0.846. The van der Waals surface area contributed by atoms with Gasteiger partial charge in [-0.15, -0.1) is 0 Å². The molecule has 19 heavy (non-hydrogen) atoms. The number of likely N-dealkylation sites (tertiary alicyclic amines) is 1. The predicted molar refractivity (Wildman–Crippen MR) is 69.7 cm³/mol. The van der Waals surface area contributed by atoms with Gasteiger partial charge in [0.05, 0.1) is 19.6 Å².